The number of nitrogens with zero attached hydrogens (tertiary/aromatic N) is 3. The Hall–Kier alpha value is -2.77. The van der Waals surface area contributed by atoms with Crippen LogP contribution in [0, 0.1) is 11.7 Å². The number of benzene rings is 2. The molecule has 2 heterocycles. The predicted molar refractivity (Wildman–Crippen MR) is 121 cm³/mol. The SMILES string of the molecule is Cc1c(O)n(-c2ccc(OC(C)C)cc2)c(=S)n1-c1ccc(N2CCOCC2)cc1. The Bertz CT molecular complexity index is 1060. The quantitative estimate of drug-likeness (QED) is 0.604. The Morgan fingerprint density at radius 1 is 0.900 bits per heavy atom. The van der Waals surface area contributed by atoms with Gasteiger partial charge in [-0.15, -0.1) is 0 Å². The molecule has 1 aromatic heterocycles. The first-order chi connectivity index (χ1) is 14.5. The highest BCUT2D eigenvalue weighted by molar-refractivity contribution is 7.71. The van der Waals surface area contributed by atoms with Crippen LogP contribution in [0.1, 0.15) is 19.5 Å². The number of aromatic hydroxyl groups is 1. The van der Waals surface area contributed by atoms with Crippen molar-refractivity contribution < 1.29 is 14.6 Å². The monoisotopic (exact) mass is 425 g/mol. The Morgan fingerprint density at radius 2 is 1.43 bits per heavy atom. The maximum Gasteiger partial charge on any atom is 0.218 e. The highest BCUT2D eigenvalue weighted by atomic mass is 32.1. The summed E-state index contributed by atoms with van der Waals surface area (Å²) in [6.45, 7) is 9.14. The van der Waals surface area contributed by atoms with E-state index in [0.717, 1.165) is 49.1 Å². The smallest absolute Gasteiger partial charge is 0.218 e. The van der Waals surface area contributed by atoms with Gasteiger partial charge in [0.2, 0.25) is 5.88 Å². The molecule has 0 saturated carbocycles. The second-order valence-corrected chi connectivity index (χ2v) is 8.00. The van der Waals surface area contributed by atoms with Crippen molar-refractivity contribution in [3.05, 3.63) is 59.0 Å². The first-order valence-electron chi connectivity index (χ1n) is 10.2. The average molecular weight is 426 g/mol. The van der Waals surface area contributed by atoms with Crippen LogP contribution in [-0.2, 0) is 4.74 Å². The molecule has 2 aromatic carbocycles. The molecule has 1 fully saturated rings. The molecule has 1 aliphatic heterocycles. The molecule has 0 spiro atoms. The van der Waals surface area contributed by atoms with E-state index < -0.39 is 0 Å². The van der Waals surface area contributed by atoms with Crippen molar-refractivity contribution in [2.24, 2.45) is 0 Å². The Labute approximate surface area is 181 Å². The van der Waals surface area contributed by atoms with Gasteiger partial charge in [0.15, 0.2) is 4.77 Å². The third-order valence-electron chi connectivity index (χ3n) is 5.20. The maximum absolute atomic E-state index is 10.8. The van der Waals surface area contributed by atoms with E-state index in [1.807, 2.05) is 61.7 Å². The van der Waals surface area contributed by atoms with Crippen LogP contribution >= 0.6 is 12.2 Å². The fraction of sp³-hybridized carbons (Fsp3) is 0.348. The molecular weight excluding hydrogens is 398 g/mol. The molecule has 0 radical (unpaired) electrons. The van der Waals surface area contributed by atoms with E-state index in [2.05, 4.69) is 17.0 Å². The van der Waals surface area contributed by atoms with Crippen molar-refractivity contribution in [2.75, 3.05) is 31.2 Å². The molecule has 158 valence electrons. The van der Waals surface area contributed by atoms with Gasteiger partial charge in [-0.1, -0.05) is 0 Å². The molecule has 0 unspecified atom stereocenters. The topological polar surface area (TPSA) is 51.8 Å². The molecule has 7 heteroatoms. The van der Waals surface area contributed by atoms with Crippen molar-refractivity contribution in [2.45, 2.75) is 26.9 Å². The second-order valence-electron chi connectivity index (χ2n) is 7.64. The number of rotatable bonds is 5. The molecule has 1 saturated heterocycles. The van der Waals surface area contributed by atoms with Gasteiger partial charge in [-0.25, -0.2) is 0 Å². The summed E-state index contributed by atoms with van der Waals surface area (Å²) in [4.78, 5) is 2.31. The Kier molecular flexibility index (Phi) is 5.83. The average Bonchev–Trinajstić information content (AvgIpc) is 2.97. The minimum atomic E-state index is 0.107. The number of morpholine rings is 1. The van der Waals surface area contributed by atoms with E-state index in [4.69, 9.17) is 21.7 Å². The molecule has 6 nitrogen and oxygen atoms in total. The summed E-state index contributed by atoms with van der Waals surface area (Å²) in [6.07, 6.45) is 0.107. The van der Waals surface area contributed by atoms with Crippen LogP contribution in [0.2, 0.25) is 0 Å². The van der Waals surface area contributed by atoms with Crippen LogP contribution in [0.3, 0.4) is 0 Å². The van der Waals surface area contributed by atoms with Gasteiger partial charge in [-0.2, -0.15) is 0 Å². The number of aromatic nitrogens is 2. The molecule has 1 N–H and O–H groups in total. The zero-order chi connectivity index (χ0) is 21.3. The zero-order valence-electron chi connectivity index (χ0n) is 17.5. The maximum atomic E-state index is 10.8. The summed E-state index contributed by atoms with van der Waals surface area (Å²) >= 11 is 5.73. The van der Waals surface area contributed by atoms with Gasteiger partial charge in [-0.05, 0) is 81.5 Å². The minimum absolute atomic E-state index is 0.107. The molecule has 0 amide bonds. The zero-order valence-corrected chi connectivity index (χ0v) is 18.4. The summed E-state index contributed by atoms with van der Waals surface area (Å²) < 4.78 is 15.2. The standard InChI is InChI=1S/C23H27N3O3S/c1-16(2)29-21-10-8-20(9-11-21)26-22(27)17(3)25(23(26)30)19-6-4-18(5-7-19)24-12-14-28-15-13-24/h4-11,16,27H,12-15H2,1-3H3. The van der Waals surface area contributed by atoms with Gasteiger partial charge in [0.05, 0.1) is 30.7 Å². The first-order valence-corrected chi connectivity index (χ1v) is 10.6. The van der Waals surface area contributed by atoms with Crippen LogP contribution < -0.4 is 9.64 Å². The summed E-state index contributed by atoms with van der Waals surface area (Å²) in [5.74, 6) is 0.921. The Morgan fingerprint density at radius 3 is 2.03 bits per heavy atom. The molecule has 0 bridgehead atoms. The van der Waals surface area contributed by atoms with Gasteiger partial charge in [-0.3, -0.25) is 9.13 Å². The second kappa shape index (κ2) is 8.53. The van der Waals surface area contributed by atoms with Crippen molar-refractivity contribution in [1.29, 1.82) is 0 Å². The van der Waals surface area contributed by atoms with Crippen molar-refractivity contribution in [3.63, 3.8) is 0 Å². The predicted octanol–water partition coefficient (Wildman–Crippen LogP) is 4.64. The van der Waals surface area contributed by atoms with Crippen LogP contribution in [0.4, 0.5) is 5.69 Å². The van der Waals surface area contributed by atoms with Gasteiger partial charge in [0, 0.05) is 24.5 Å². The molecule has 0 aliphatic carbocycles. The summed E-state index contributed by atoms with van der Waals surface area (Å²) in [6, 6.07) is 15.8. The van der Waals surface area contributed by atoms with Crippen molar-refractivity contribution in [3.8, 4) is 23.0 Å². The number of hydrogen-bond acceptors (Lipinski definition) is 5. The Balaban J connectivity index is 1.66. The van der Waals surface area contributed by atoms with Crippen LogP contribution in [0.5, 0.6) is 11.6 Å². The lowest BCUT2D eigenvalue weighted by Gasteiger charge is -2.29. The van der Waals surface area contributed by atoms with Gasteiger partial charge < -0.3 is 19.5 Å². The molecule has 30 heavy (non-hydrogen) atoms. The van der Waals surface area contributed by atoms with Crippen LogP contribution in [0.25, 0.3) is 11.4 Å². The van der Waals surface area contributed by atoms with E-state index >= 15 is 0 Å². The molecule has 4 rings (SSSR count). The van der Waals surface area contributed by atoms with E-state index in [1.165, 1.54) is 0 Å². The summed E-state index contributed by atoms with van der Waals surface area (Å²) in [5.41, 5.74) is 3.57. The van der Waals surface area contributed by atoms with Crippen LogP contribution in [-0.4, -0.2) is 46.6 Å². The largest absolute Gasteiger partial charge is 0.493 e. The number of imidazole rings is 1. The fourth-order valence-electron chi connectivity index (χ4n) is 3.71. The normalized spacial score (nSPS) is 14.3. The van der Waals surface area contributed by atoms with Crippen molar-refractivity contribution in [1.82, 2.24) is 9.13 Å². The third kappa shape index (κ3) is 3.95. The van der Waals surface area contributed by atoms with Crippen molar-refractivity contribution >= 4 is 17.9 Å². The van der Waals surface area contributed by atoms with Gasteiger partial charge >= 0.3 is 0 Å². The summed E-state index contributed by atoms with van der Waals surface area (Å²) in [5, 5.41) is 10.8. The lowest BCUT2D eigenvalue weighted by Crippen LogP contribution is -2.36. The minimum Gasteiger partial charge on any atom is -0.493 e. The highest BCUT2D eigenvalue weighted by Gasteiger charge is 2.17. The lowest BCUT2D eigenvalue weighted by atomic mass is 10.2. The van der Waals surface area contributed by atoms with E-state index in [0.29, 0.717) is 10.5 Å². The fourth-order valence-corrected chi connectivity index (χ4v) is 4.15. The number of anilines is 1. The summed E-state index contributed by atoms with van der Waals surface area (Å²) in [7, 11) is 0. The van der Waals surface area contributed by atoms with E-state index in [-0.39, 0.29) is 12.0 Å². The highest BCUT2D eigenvalue weighted by Crippen LogP contribution is 2.29. The van der Waals surface area contributed by atoms with Gasteiger partial charge in [0.1, 0.15) is 5.75 Å². The number of ether oxygens (including phenoxy) is 2. The van der Waals surface area contributed by atoms with E-state index in [1.54, 1.807) is 4.57 Å². The third-order valence-corrected chi connectivity index (χ3v) is 5.57. The molecule has 1 aliphatic rings. The molecule has 0 atom stereocenters. The number of hydrogen-bond donors (Lipinski definition) is 1. The van der Waals surface area contributed by atoms with E-state index in [9.17, 15) is 5.11 Å². The first kappa shape index (κ1) is 20.5. The molecule has 3 aromatic rings. The molecular formula is C23H27N3O3S. The van der Waals surface area contributed by atoms with Gasteiger partial charge in [0.25, 0.3) is 0 Å². The lowest BCUT2D eigenvalue weighted by molar-refractivity contribution is 0.122. The van der Waals surface area contributed by atoms with Crippen LogP contribution in [0.15, 0.2) is 48.5 Å².